The van der Waals surface area contributed by atoms with E-state index in [0.29, 0.717) is 38.6 Å². The number of rotatable bonds is 11. The molecule has 288 valence electrons. The molecular formula is C39H65N5O7. The van der Waals surface area contributed by atoms with E-state index in [0.717, 1.165) is 29.9 Å². The van der Waals surface area contributed by atoms with Crippen LogP contribution in [0.15, 0.2) is 24.3 Å². The Morgan fingerprint density at radius 2 is 1.45 bits per heavy atom. The Morgan fingerprint density at radius 1 is 0.922 bits per heavy atom. The van der Waals surface area contributed by atoms with Gasteiger partial charge in [-0.05, 0) is 47.6 Å². The van der Waals surface area contributed by atoms with Crippen molar-refractivity contribution in [1.82, 2.24) is 20.9 Å². The van der Waals surface area contributed by atoms with Crippen LogP contribution in [0, 0.1) is 17.3 Å². The summed E-state index contributed by atoms with van der Waals surface area (Å²) in [6.07, 6.45) is 5.28. The Labute approximate surface area is 305 Å². The van der Waals surface area contributed by atoms with Crippen molar-refractivity contribution in [1.29, 1.82) is 0 Å². The standard InChI is InChI=1S/C30H41N5O7.C4H10.C3H8.C2H6/c1-30(2,3)25(28(40)42-20-14-18-7-4-5-8-19(18)15-20)34-29(41)32-16-23(36)35-12-6-9-22(35)27(39)33-21(13-17-10-11-17)24(37)26(31)38;1-4(2)3;1-3-2;1-2/h4-5,7-8,17,20-22,25H,6,9-16H2,1-3H3,(H2,31,38)(H,33,39)(H2,32,34,41);4H,1-3H3;3H2,1-2H3;1-2H3. The molecule has 12 nitrogen and oxygen atoms in total. The smallest absolute Gasteiger partial charge is 0.329 e. The molecule has 3 atom stereocenters. The maximum Gasteiger partial charge on any atom is 0.329 e. The number of urea groups is 1. The molecule has 3 unspecified atom stereocenters. The van der Waals surface area contributed by atoms with E-state index in [2.05, 4.69) is 50.6 Å². The van der Waals surface area contributed by atoms with Crippen molar-refractivity contribution in [3.05, 3.63) is 35.4 Å². The monoisotopic (exact) mass is 715 g/mol. The van der Waals surface area contributed by atoms with Gasteiger partial charge < -0.3 is 31.3 Å². The predicted molar refractivity (Wildman–Crippen MR) is 200 cm³/mol. The van der Waals surface area contributed by atoms with Crippen molar-refractivity contribution >= 4 is 35.5 Å². The van der Waals surface area contributed by atoms with Crippen LogP contribution in [0.25, 0.3) is 0 Å². The highest BCUT2D eigenvalue weighted by Gasteiger charge is 2.39. The SMILES string of the molecule is CC.CC(C)(C)C(NC(=O)NCC(=O)N1CCCC1C(=O)NC(CC1CC1)C(=O)C(N)=O)C(=O)OC1Cc2ccccc2C1.CC(C)C.CCC. The zero-order chi connectivity index (χ0) is 38.9. The van der Waals surface area contributed by atoms with Gasteiger partial charge in [0.25, 0.3) is 5.91 Å². The third-order valence-corrected chi connectivity index (χ3v) is 8.09. The van der Waals surface area contributed by atoms with Crippen molar-refractivity contribution in [2.75, 3.05) is 13.1 Å². The minimum Gasteiger partial charge on any atom is -0.460 e. The summed E-state index contributed by atoms with van der Waals surface area (Å²) in [4.78, 5) is 77.0. The molecule has 2 aliphatic carbocycles. The first-order valence-corrected chi connectivity index (χ1v) is 18.7. The molecule has 2 fully saturated rings. The van der Waals surface area contributed by atoms with Crippen LogP contribution < -0.4 is 21.7 Å². The van der Waals surface area contributed by atoms with Gasteiger partial charge in [0.1, 0.15) is 18.2 Å². The number of benzene rings is 1. The van der Waals surface area contributed by atoms with E-state index in [1.54, 1.807) is 20.8 Å². The molecule has 1 aromatic rings. The molecule has 0 radical (unpaired) electrons. The van der Waals surface area contributed by atoms with Gasteiger partial charge in [0.05, 0.1) is 12.6 Å². The lowest BCUT2D eigenvalue weighted by molar-refractivity contribution is -0.153. The summed E-state index contributed by atoms with van der Waals surface area (Å²) < 4.78 is 5.77. The zero-order valence-electron chi connectivity index (χ0n) is 32.7. The number of esters is 1. The highest BCUT2D eigenvalue weighted by molar-refractivity contribution is 6.37. The fourth-order valence-corrected chi connectivity index (χ4v) is 5.60. The van der Waals surface area contributed by atoms with E-state index in [1.807, 2.05) is 38.1 Å². The molecule has 1 saturated carbocycles. The van der Waals surface area contributed by atoms with Crippen molar-refractivity contribution in [2.45, 2.75) is 145 Å². The molecule has 0 aromatic heterocycles. The summed E-state index contributed by atoms with van der Waals surface area (Å²) in [5.41, 5.74) is 6.77. The molecule has 1 aromatic carbocycles. The second kappa shape index (κ2) is 22.1. The second-order valence-electron chi connectivity index (χ2n) is 15.0. The Hall–Kier alpha value is -3.96. The summed E-state index contributed by atoms with van der Waals surface area (Å²) in [6.45, 7) is 20.1. The van der Waals surface area contributed by atoms with Crippen LogP contribution in [-0.2, 0) is 41.6 Å². The number of carbonyl (C=O) groups is 6. The minimum absolute atomic E-state index is 0.256. The van der Waals surface area contributed by atoms with Crippen molar-refractivity contribution in [3.8, 4) is 0 Å². The second-order valence-corrected chi connectivity index (χ2v) is 15.0. The number of primary amides is 1. The fourth-order valence-electron chi connectivity index (χ4n) is 5.60. The number of hydrogen-bond donors (Lipinski definition) is 4. The van der Waals surface area contributed by atoms with E-state index in [-0.39, 0.29) is 12.0 Å². The predicted octanol–water partition coefficient (Wildman–Crippen LogP) is 4.85. The number of nitrogens with two attached hydrogens (primary N) is 1. The van der Waals surface area contributed by atoms with E-state index in [4.69, 9.17) is 10.5 Å². The van der Waals surface area contributed by atoms with Gasteiger partial charge in [-0.25, -0.2) is 9.59 Å². The average Bonchev–Trinajstić information content (AvgIpc) is 3.56. The lowest BCUT2D eigenvalue weighted by Gasteiger charge is -2.31. The van der Waals surface area contributed by atoms with Gasteiger partial charge in [-0.3, -0.25) is 19.2 Å². The number of amides is 5. The number of ether oxygens (including phenoxy) is 1. The Balaban J connectivity index is 0.00000131. The van der Waals surface area contributed by atoms with Gasteiger partial charge in [-0.1, -0.05) is 113 Å². The molecule has 0 spiro atoms. The largest absolute Gasteiger partial charge is 0.460 e. The molecule has 1 heterocycles. The Bertz CT molecular complexity index is 1280. The quantitative estimate of drug-likeness (QED) is 0.187. The maximum atomic E-state index is 13.1. The van der Waals surface area contributed by atoms with Crippen LogP contribution in [0.5, 0.6) is 0 Å². The van der Waals surface area contributed by atoms with Crippen LogP contribution in [0.3, 0.4) is 0 Å². The molecule has 1 aliphatic heterocycles. The normalized spacial score (nSPS) is 17.5. The number of nitrogens with zero attached hydrogens (tertiary/aromatic N) is 1. The first kappa shape index (κ1) is 45.1. The minimum atomic E-state index is -1.11. The van der Waals surface area contributed by atoms with Gasteiger partial charge in [0.2, 0.25) is 17.6 Å². The number of nitrogens with one attached hydrogen (secondary N) is 3. The lowest BCUT2D eigenvalue weighted by atomic mass is 9.87. The van der Waals surface area contributed by atoms with Crippen molar-refractivity contribution in [3.63, 3.8) is 0 Å². The molecular weight excluding hydrogens is 650 g/mol. The number of carbonyl (C=O) groups excluding carboxylic acids is 6. The average molecular weight is 716 g/mol. The highest BCUT2D eigenvalue weighted by Crippen LogP contribution is 2.34. The highest BCUT2D eigenvalue weighted by atomic mass is 16.5. The third-order valence-electron chi connectivity index (χ3n) is 8.09. The molecule has 51 heavy (non-hydrogen) atoms. The van der Waals surface area contributed by atoms with Crippen LogP contribution in [-0.4, -0.2) is 77.7 Å². The number of ketones is 1. The van der Waals surface area contributed by atoms with E-state index in [9.17, 15) is 28.8 Å². The van der Waals surface area contributed by atoms with Crippen LogP contribution in [0.2, 0.25) is 0 Å². The number of Topliss-reactive ketones (excluding diaryl/α,β-unsaturated/α-hetero) is 1. The van der Waals surface area contributed by atoms with Gasteiger partial charge in [-0.15, -0.1) is 0 Å². The Morgan fingerprint density at radius 3 is 1.92 bits per heavy atom. The van der Waals surface area contributed by atoms with E-state index >= 15 is 0 Å². The van der Waals surface area contributed by atoms with Gasteiger partial charge in [0.15, 0.2) is 0 Å². The zero-order valence-corrected chi connectivity index (χ0v) is 32.7. The molecule has 3 aliphatic rings. The fraction of sp³-hybridized carbons (Fsp3) is 0.692. The van der Waals surface area contributed by atoms with E-state index in [1.165, 1.54) is 11.3 Å². The number of likely N-dealkylation sites (tertiary alicyclic amines) is 1. The summed E-state index contributed by atoms with van der Waals surface area (Å²) in [6, 6.07) is 4.38. The Kier molecular flexibility index (Phi) is 19.5. The van der Waals surface area contributed by atoms with Crippen LogP contribution >= 0.6 is 0 Å². The molecule has 5 amide bonds. The summed E-state index contributed by atoms with van der Waals surface area (Å²) >= 11 is 0. The maximum absolute atomic E-state index is 13.1. The first-order valence-electron chi connectivity index (χ1n) is 18.7. The summed E-state index contributed by atoms with van der Waals surface area (Å²) in [7, 11) is 0. The molecule has 12 heteroatoms. The number of hydrogen-bond acceptors (Lipinski definition) is 7. The number of fused-ring (bicyclic) bond motifs is 1. The molecule has 5 N–H and O–H groups in total. The molecule has 0 bridgehead atoms. The summed E-state index contributed by atoms with van der Waals surface area (Å²) in [5.74, 6) is -2.44. The topological polar surface area (TPSA) is 177 Å². The van der Waals surface area contributed by atoms with Gasteiger partial charge in [0, 0.05) is 19.4 Å². The van der Waals surface area contributed by atoms with Crippen LogP contribution in [0.4, 0.5) is 4.79 Å². The molecule has 4 rings (SSSR count). The van der Waals surface area contributed by atoms with Crippen molar-refractivity contribution in [2.24, 2.45) is 23.0 Å². The van der Waals surface area contributed by atoms with Gasteiger partial charge >= 0.3 is 12.0 Å². The van der Waals surface area contributed by atoms with Crippen LogP contribution in [0.1, 0.15) is 119 Å². The summed E-state index contributed by atoms with van der Waals surface area (Å²) in [5, 5.41) is 7.76. The van der Waals surface area contributed by atoms with Crippen molar-refractivity contribution < 1.29 is 33.5 Å². The third kappa shape index (κ3) is 15.9. The first-order chi connectivity index (χ1) is 24.0. The lowest BCUT2D eigenvalue weighted by Crippen LogP contribution is -2.56. The van der Waals surface area contributed by atoms with Gasteiger partial charge in [-0.2, -0.15) is 0 Å². The molecule has 1 saturated heterocycles. The van der Waals surface area contributed by atoms with E-state index < -0.39 is 65.6 Å².